The monoisotopic (exact) mass is 501 g/mol. The topological polar surface area (TPSA) is 88.1 Å². The molecule has 2 heterocycles. The third-order valence-electron chi connectivity index (χ3n) is 6.27. The second-order valence-corrected chi connectivity index (χ2v) is 8.55. The van der Waals surface area contributed by atoms with Crippen LogP contribution in [0, 0.1) is 0 Å². The van der Waals surface area contributed by atoms with Crippen molar-refractivity contribution in [2.45, 2.75) is 0 Å². The number of rotatable bonds is 9. The molecule has 0 saturated carbocycles. The number of hydrogen-bond acceptors (Lipinski definition) is 7. The van der Waals surface area contributed by atoms with Crippen molar-refractivity contribution in [2.24, 2.45) is 0 Å². The van der Waals surface area contributed by atoms with E-state index in [-0.39, 0.29) is 18.4 Å². The minimum atomic E-state index is -0.183. The minimum Gasteiger partial charge on any atom is -0.493 e. The van der Waals surface area contributed by atoms with E-state index in [1.54, 1.807) is 37.3 Å². The predicted molar refractivity (Wildman–Crippen MR) is 142 cm³/mol. The molecule has 1 aliphatic heterocycles. The second kappa shape index (κ2) is 12.0. The van der Waals surface area contributed by atoms with Crippen molar-refractivity contribution in [3.63, 3.8) is 0 Å². The number of amides is 2. The van der Waals surface area contributed by atoms with Crippen LogP contribution in [0.3, 0.4) is 0 Å². The number of hydrogen-bond donors (Lipinski definition) is 0. The fourth-order valence-electron chi connectivity index (χ4n) is 4.23. The second-order valence-electron chi connectivity index (χ2n) is 8.55. The van der Waals surface area contributed by atoms with E-state index in [1.807, 2.05) is 48.5 Å². The summed E-state index contributed by atoms with van der Waals surface area (Å²) in [4.78, 5) is 31.3. The molecule has 1 aliphatic rings. The van der Waals surface area contributed by atoms with Crippen LogP contribution < -0.4 is 14.4 Å². The van der Waals surface area contributed by atoms with Crippen LogP contribution >= 0.6 is 0 Å². The quantitative estimate of drug-likeness (QED) is 0.416. The van der Waals surface area contributed by atoms with Gasteiger partial charge in [0, 0.05) is 43.9 Å². The van der Waals surface area contributed by atoms with Crippen LogP contribution in [-0.4, -0.2) is 85.3 Å². The Bertz CT molecular complexity index is 1230. The first kappa shape index (κ1) is 25.7. The van der Waals surface area contributed by atoms with Crippen molar-refractivity contribution < 1.29 is 19.1 Å². The first-order chi connectivity index (χ1) is 18.0. The summed E-state index contributed by atoms with van der Waals surface area (Å²) in [5, 5.41) is 8.81. The minimum absolute atomic E-state index is 0.0135. The Morgan fingerprint density at radius 3 is 2.30 bits per heavy atom. The highest BCUT2D eigenvalue weighted by Crippen LogP contribution is 2.31. The highest BCUT2D eigenvalue weighted by atomic mass is 16.5. The van der Waals surface area contributed by atoms with Gasteiger partial charge in [0.15, 0.2) is 17.3 Å². The summed E-state index contributed by atoms with van der Waals surface area (Å²) in [5.41, 5.74) is 2.15. The lowest BCUT2D eigenvalue weighted by Crippen LogP contribution is -2.52. The molecule has 0 aliphatic carbocycles. The van der Waals surface area contributed by atoms with E-state index in [0.717, 1.165) is 17.1 Å². The van der Waals surface area contributed by atoms with Crippen molar-refractivity contribution in [3.8, 4) is 22.8 Å². The van der Waals surface area contributed by atoms with Crippen LogP contribution in [-0.2, 0) is 4.79 Å². The highest BCUT2D eigenvalue weighted by molar-refractivity contribution is 5.96. The van der Waals surface area contributed by atoms with Gasteiger partial charge in [-0.15, -0.1) is 16.8 Å². The number of aromatic nitrogens is 2. The molecule has 0 N–H and O–H groups in total. The van der Waals surface area contributed by atoms with Crippen LogP contribution in [0.15, 0.2) is 73.3 Å². The molecule has 1 fully saturated rings. The van der Waals surface area contributed by atoms with Crippen molar-refractivity contribution in [3.05, 3.63) is 78.9 Å². The molecule has 9 nitrogen and oxygen atoms in total. The van der Waals surface area contributed by atoms with Crippen LogP contribution in [0.4, 0.5) is 5.82 Å². The Kier molecular flexibility index (Phi) is 8.35. The molecule has 192 valence electrons. The molecule has 0 atom stereocenters. The molecule has 2 amide bonds. The smallest absolute Gasteiger partial charge is 0.254 e. The van der Waals surface area contributed by atoms with Crippen molar-refractivity contribution >= 4 is 17.6 Å². The zero-order valence-corrected chi connectivity index (χ0v) is 21.2. The standard InChI is InChI=1S/C28H31N5O4/c1-4-14-33(28(35)21-8-6-5-7-9-21)20-27(34)32-17-15-31(16-18-32)26-13-11-23(29-30-26)22-10-12-24(36-2)25(19-22)37-3/h4-13,19H,1,14-18,20H2,2-3H3. The normalized spacial score (nSPS) is 13.1. The zero-order valence-electron chi connectivity index (χ0n) is 21.2. The summed E-state index contributed by atoms with van der Waals surface area (Å²) in [5.74, 6) is 1.77. The Morgan fingerprint density at radius 1 is 0.946 bits per heavy atom. The first-order valence-corrected chi connectivity index (χ1v) is 12.1. The fourth-order valence-corrected chi connectivity index (χ4v) is 4.23. The lowest BCUT2D eigenvalue weighted by molar-refractivity contribution is -0.132. The van der Waals surface area contributed by atoms with Crippen molar-refractivity contribution in [1.29, 1.82) is 0 Å². The largest absolute Gasteiger partial charge is 0.493 e. The van der Waals surface area contributed by atoms with E-state index < -0.39 is 0 Å². The van der Waals surface area contributed by atoms with Gasteiger partial charge in [-0.2, -0.15) is 0 Å². The maximum Gasteiger partial charge on any atom is 0.254 e. The zero-order chi connectivity index (χ0) is 26.2. The van der Waals surface area contributed by atoms with E-state index in [0.29, 0.717) is 49.8 Å². The van der Waals surface area contributed by atoms with Gasteiger partial charge < -0.3 is 24.2 Å². The third-order valence-corrected chi connectivity index (χ3v) is 6.27. The number of piperazine rings is 1. The third kappa shape index (κ3) is 6.06. The van der Waals surface area contributed by atoms with Gasteiger partial charge in [-0.05, 0) is 42.5 Å². The summed E-state index contributed by atoms with van der Waals surface area (Å²) < 4.78 is 10.7. The van der Waals surface area contributed by atoms with E-state index in [2.05, 4.69) is 21.7 Å². The molecule has 4 rings (SSSR count). The Hall–Kier alpha value is -4.40. The van der Waals surface area contributed by atoms with E-state index in [9.17, 15) is 9.59 Å². The van der Waals surface area contributed by atoms with E-state index >= 15 is 0 Å². The van der Waals surface area contributed by atoms with Gasteiger partial charge in [0.2, 0.25) is 5.91 Å². The Labute approximate surface area is 216 Å². The molecular formula is C28H31N5O4. The van der Waals surface area contributed by atoms with E-state index in [1.165, 1.54) is 4.90 Å². The fraction of sp³-hybridized carbons (Fsp3) is 0.286. The maximum absolute atomic E-state index is 13.0. The molecule has 2 aromatic carbocycles. The van der Waals surface area contributed by atoms with Gasteiger partial charge in [-0.3, -0.25) is 9.59 Å². The average molecular weight is 502 g/mol. The van der Waals surface area contributed by atoms with Crippen LogP contribution in [0.1, 0.15) is 10.4 Å². The molecule has 3 aromatic rings. The number of ether oxygens (including phenoxy) is 2. The number of anilines is 1. The van der Waals surface area contributed by atoms with Crippen LogP contribution in [0.5, 0.6) is 11.5 Å². The highest BCUT2D eigenvalue weighted by Gasteiger charge is 2.25. The number of methoxy groups -OCH3 is 2. The summed E-state index contributed by atoms with van der Waals surface area (Å²) >= 11 is 0. The average Bonchev–Trinajstić information content (AvgIpc) is 2.96. The molecule has 9 heteroatoms. The van der Waals surface area contributed by atoms with Crippen LogP contribution in [0.2, 0.25) is 0 Å². The van der Waals surface area contributed by atoms with Gasteiger partial charge in [-0.25, -0.2) is 0 Å². The van der Waals surface area contributed by atoms with E-state index in [4.69, 9.17) is 9.47 Å². The van der Waals surface area contributed by atoms with Gasteiger partial charge >= 0.3 is 0 Å². The van der Waals surface area contributed by atoms with Crippen LogP contribution in [0.25, 0.3) is 11.3 Å². The Morgan fingerprint density at radius 2 is 1.68 bits per heavy atom. The maximum atomic E-state index is 13.0. The van der Waals surface area contributed by atoms with Gasteiger partial charge in [0.05, 0.1) is 19.9 Å². The number of carbonyl (C=O) groups excluding carboxylic acids is 2. The predicted octanol–water partition coefficient (Wildman–Crippen LogP) is 3.14. The summed E-state index contributed by atoms with van der Waals surface area (Å²) in [6.45, 7) is 6.39. The molecule has 0 unspecified atom stereocenters. The number of nitrogens with zero attached hydrogens (tertiary/aromatic N) is 5. The van der Waals surface area contributed by atoms with Gasteiger partial charge in [-0.1, -0.05) is 24.3 Å². The SMILES string of the molecule is C=CCN(CC(=O)N1CCN(c2ccc(-c3ccc(OC)c(OC)c3)nn2)CC1)C(=O)c1ccccc1. The summed E-state index contributed by atoms with van der Waals surface area (Å²) in [6.07, 6.45) is 1.64. The van der Waals surface area contributed by atoms with Crippen molar-refractivity contribution in [1.82, 2.24) is 20.0 Å². The lowest BCUT2D eigenvalue weighted by atomic mass is 10.1. The Balaban J connectivity index is 1.35. The number of benzene rings is 2. The molecule has 37 heavy (non-hydrogen) atoms. The molecule has 0 radical (unpaired) electrons. The lowest BCUT2D eigenvalue weighted by Gasteiger charge is -2.36. The summed E-state index contributed by atoms with van der Waals surface area (Å²) in [7, 11) is 3.19. The summed E-state index contributed by atoms with van der Waals surface area (Å²) in [6, 6.07) is 18.4. The van der Waals surface area contributed by atoms with Crippen molar-refractivity contribution in [2.75, 3.05) is 58.4 Å². The number of carbonyl (C=O) groups is 2. The molecule has 1 saturated heterocycles. The molecule has 0 bridgehead atoms. The van der Waals surface area contributed by atoms with Gasteiger partial charge in [0.1, 0.15) is 6.54 Å². The molecular weight excluding hydrogens is 470 g/mol. The molecule has 0 spiro atoms. The molecule has 1 aromatic heterocycles. The first-order valence-electron chi connectivity index (χ1n) is 12.1. The van der Waals surface area contributed by atoms with Gasteiger partial charge in [0.25, 0.3) is 5.91 Å².